The van der Waals surface area contributed by atoms with Crippen molar-refractivity contribution in [1.82, 2.24) is 19.8 Å². The molecule has 0 aliphatic carbocycles. The zero-order valence-corrected chi connectivity index (χ0v) is 12.0. The number of nitrogens with zero attached hydrogens (tertiary/aromatic N) is 3. The van der Waals surface area contributed by atoms with Crippen LogP contribution in [0.25, 0.3) is 0 Å². The number of amides is 2. The number of aromatic nitrogens is 2. The number of hydrogen-bond donors (Lipinski definition) is 1. The Morgan fingerprint density at radius 1 is 1.42 bits per heavy atom. The van der Waals surface area contributed by atoms with Gasteiger partial charge in [-0.05, 0) is 37.2 Å². The van der Waals surface area contributed by atoms with E-state index < -0.39 is 0 Å². The molecule has 2 amide bonds. The van der Waals surface area contributed by atoms with Gasteiger partial charge >= 0.3 is 0 Å². The minimum absolute atomic E-state index is 0.00450. The highest BCUT2D eigenvalue weighted by molar-refractivity contribution is 7.07. The van der Waals surface area contributed by atoms with Gasteiger partial charge in [-0.15, -0.1) is 5.10 Å². The van der Waals surface area contributed by atoms with Crippen molar-refractivity contribution < 1.29 is 9.59 Å². The smallest absolute Gasteiger partial charge is 0.267 e. The summed E-state index contributed by atoms with van der Waals surface area (Å²) in [5.41, 5.74) is 0.704. The molecule has 1 aliphatic rings. The second kappa shape index (κ2) is 6.10. The molecule has 2 heterocycles. The molecule has 1 aromatic rings. The Bertz CT molecular complexity index is 466. The number of likely N-dealkylation sites (tertiary alicyclic amines) is 1. The number of rotatable bonds is 3. The van der Waals surface area contributed by atoms with Crippen molar-refractivity contribution in [1.29, 1.82) is 0 Å². The van der Waals surface area contributed by atoms with Crippen molar-refractivity contribution in [3.63, 3.8) is 0 Å². The number of nitrogens with one attached hydrogen (secondary N) is 1. The van der Waals surface area contributed by atoms with Crippen LogP contribution in [0.15, 0.2) is 0 Å². The molecule has 2 rings (SSSR count). The Morgan fingerprint density at radius 3 is 2.63 bits per heavy atom. The molecule has 104 valence electrons. The minimum Gasteiger partial charge on any atom is -0.356 e. The normalized spacial score (nSPS) is 16.4. The summed E-state index contributed by atoms with van der Waals surface area (Å²) in [6, 6.07) is 0. The van der Waals surface area contributed by atoms with Gasteiger partial charge in [-0.25, -0.2) is 0 Å². The van der Waals surface area contributed by atoms with E-state index in [0.29, 0.717) is 23.0 Å². The average Bonchev–Trinajstić information content (AvgIpc) is 2.82. The largest absolute Gasteiger partial charge is 0.356 e. The summed E-state index contributed by atoms with van der Waals surface area (Å²) in [6.45, 7) is 5.51. The second-order valence-electron chi connectivity index (χ2n) is 4.86. The zero-order valence-electron chi connectivity index (χ0n) is 11.2. The summed E-state index contributed by atoms with van der Waals surface area (Å²) >= 11 is 1.16. The van der Waals surface area contributed by atoms with Crippen LogP contribution in [-0.2, 0) is 4.79 Å². The van der Waals surface area contributed by atoms with E-state index >= 15 is 0 Å². The molecule has 0 saturated carbocycles. The van der Waals surface area contributed by atoms with Gasteiger partial charge in [-0.2, -0.15) is 0 Å². The summed E-state index contributed by atoms with van der Waals surface area (Å²) in [7, 11) is 0. The van der Waals surface area contributed by atoms with Crippen LogP contribution >= 0.6 is 11.5 Å². The van der Waals surface area contributed by atoms with E-state index in [1.807, 2.05) is 4.90 Å². The molecule has 1 aliphatic heterocycles. The van der Waals surface area contributed by atoms with Crippen LogP contribution in [0.5, 0.6) is 0 Å². The third kappa shape index (κ3) is 3.50. The first-order valence-electron chi connectivity index (χ1n) is 6.40. The van der Waals surface area contributed by atoms with Crippen LogP contribution in [0.2, 0.25) is 0 Å². The van der Waals surface area contributed by atoms with Crippen molar-refractivity contribution >= 4 is 23.3 Å². The molecular formula is C12H18N4O2S. The first-order chi connectivity index (χ1) is 9.08. The van der Waals surface area contributed by atoms with E-state index in [1.165, 1.54) is 6.92 Å². The molecule has 0 radical (unpaired) electrons. The lowest BCUT2D eigenvalue weighted by Crippen LogP contribution is -2.41. The van der Waals surface area contributed by atoms with Crippen molar-refractivity contribution in [3.8, 4) is 0 Å². The van der Waals surface area contributed by atoms with Gasteiger partial charge in [0.25, 0.3) is 5.91 Å². The predicted molar refractivity (Wildman–Crippen MR) is 72.0 cm³/mol. The van der Waals surface area contributed by atoms with E-state index in [-0.39, 0.29) is 11.8 Å². The van der Waals surface area contributed by atoms with Gasteiger partial charge in [0.05, 0.1) is 5.69 Å². The monoisotopic (exact) mass is 282 g/mol. The fourth-order valence-electron chi connectivity index (χ4n) is 2.20. The van der Waals surface area contributed by atoms with Crippen LogP contribution in [0.3, 0.4) is 0 Å². The lowest BCUT2D eigenvalue weighted by molar-refractivity contribution is -0.119. The van der Waals surface area contributed by atoms with Crippen LogP contribution in [0.1, 0.15) is 35.1 Å². The number of carbonyl (C=O) groups excluding carboxylic acids is 2. The molecule has 1 saturated heterocycles. The summed E-state index contributed by atoms with van der Waals surface area (Å²) in [6.07, 6.45) is 1.86. The SMILES string of the molecule is CC(=O)NCC1CCN(C(=O)c2snnc2C)CC1. The molecule has 0 unspecified atom stereocenters. The molecule has 6 nitrogen and oxygen atoms in total. The first-order valence-corrected chi connectivity index (χ1v) is 7.18. The van der Waals surface area contributed by atoms with Crippen LogP contribution < -0.4 is 5.32 Å². The van der Waals surface area contributed by atoms with Crippen molar-refractivity contribution in [2.24, 2.45) is 5.92 Å². The topological polar surface area (TPSA) is 75.2 Å². The second-order valence-corrected chi connectivity index (χ2v) is 5.61. The Balaban J connectivity index is 1.85. The van der Waals surface area contributed by atoms with Crippen LogP contribution in [-0.4, -0.2) is 45.9 Å². The Hall–Kier alpha value is -1.50. The van der Waals surface area contributed by atoms with Gasteiger partial charge in [0.1, 0.15) is 4.88 Å². The Morgan fingerprint density at radius 2 is 2.11 bits per heavy atom. The molecule has 0 spiro atoms. The van der Waals surface area contributed by atoms with Crippen molar-refractivity contribution in [2.75, 3.05) is 19.6 Å². The highest BCUT2D eigenvalue weighted by Crippen LogP contribution is 2.20. The minimum atomic E-state index is 0.00450. The lowest BCUT2D eigenvalue weighted by atomic mass is 9.96. The van der Waals surface area contributed by atoms with Crippen LogP contribution in [0.4, 0.5) is 0 Å². The molecule has 1 fully saturated rings. The molecule has 0 atom stereocenters. The molecule has 1 N–H and O–H groups in total. The molecule has 19 heavy (non-hydrogen) atoms. The lowest BCUT2D eigenvalue weighted by Gasteiger charge is -2.31. The van der Waals surface area contributed by atoms with E-state index in [9.17, 15) is 9.59 Å². The third-order valence-corrected chi connectivity index (χ3v) is 4.20. The molecule has 7 heteroatoms. The van der Waals surface area contributed by atoms with Crippen LogP contribution in [0, 0.1) is 12.8 Å². The summed E-state index contributed by atoms with van der Waals surface area (Å²) in [5.74, 6) is 0.504. The van der Waals surface area contributed by atoms with Gasteiger partial charge in [0.15, 0.2) is 0 Å². The highest BCUT2D eigenvalue weighted by atomic mass is 32.1. The van der Waals surface area contributed by atoms with E-state index in [0.717, 1.165) is 37.5 Å². The van der Waals surface area contributed by atoms with Gasteiger partial charge in [0.2, 0.25) is 5.91 Å². The van der Waals surface area contributed by atoms with Crippen molar-refractivity contribution in [3.05, 3.63) is 10.6 Å². The molecule has 0 bridgehead atoms. The third-order valence-electron chi connectivity index (χ3n) is 3.39. The van der Waals surface area contributed by atoms with Gasteiger partial charge in [-0.1, -0.05) is 4.49 Å². The number of carbonyl (C=O) groups is 2. The fraction of sp³-hybridized carbons (Fsp3) is 0.667. The quantitative estimate of drug-likeness (QED) is 0.891. The summed E-state index contributed by atoms with van der Waals surface area (Å²) < 4.78 is 3.80. The average molecular weight is 282 g/mol. The maximum absolute atomic E-state index is 12.2. The van der Waals surface area contributed by atoms with E-state index in [1.54, 1.807) is 6.92 Å². The van der Waals surface area contributed by atoms with E-state index in [4.69, 9.17) is 0 Å². The first kappa shape index (κ1) is 13.9. The van der Waals surface area contributed by atoms with Gasteiger partial charge < -0.3 is 10.2 Å². The fourth-order valence-corrected chi connectivity index (χ4v) is 2.82. The number of piperidine rings is 1. The molecule has 1 aromatic heterocycles. The summed E-state index contributed by atoms with van der Waals surface area (Å²) in [5, 5.41) is 6.71. The molecule has 0 aromatic carbocycles. The van der Waals surface area contributed by atoms with E-state index in [2.05, 4.69) is 14.9 Å². The Labute approximate surface area is 116 Å². The number of hydrogen-bond acceptors (Lipinski definition) is 5. The van der Waals surface area contributed by atoms with Crippen molar-refractivity contribution in [2.45, 2.75) is 26.7 Å². The Kier molecular flexibility index (Phi) is 4.47. The predicted octanol–water partition coefficient (Wildman–Crippen LogP) is 0.835. The van der Waals surface area contributed by atoms with Gasteiger partial charge in [-0.3, -0.25) is 9.59 Å². The molecular weight excluding hydrogens is 264 g/mol. The maximum atomic E-state index is 12.2. The highest BCUT2D eigenvalue weighted by Gasteiger charge is 2.25. The summed E-state index contributed by atoms with van der Waals surface area (Å²) in [4.78, 5) is 25.6. The zero-order chi connectivity index (χ0) is 13.8. The maximum Gasteiger partial charge on any atom is 0.267 e. The number of aryl methyl sites for hydroxylation is 1. The van der Waals surface area contributed by atoms with Gasteiger partial charge in [0, 0.05) is 26.6 Å². The standard InChI is InChI=1S/C12H18N4O2S/c1-8-11(19-15-14-8)12(18)16-5-3-10(4-6-16)7-13-9(2)17/h10H,3-7H2,1-2H3,(H,13,17).